The molecule has 2 aromatic rings. The lowest BCUT2D eigenvalue weighted by Gasteiger charge is -2.34. The van der Waals surface area contributed by atoms with Crippen LogP contribution in [-0.4, -0.2) is 54.9 Å². The van der Waals surface area contributed by atoms with Crippen molar-refractivity contribution in [3.63, 3.8) is 0 Å². The first-order valence-corrected chi connectivity index (χ1v) is 10.3. The molecule has 1 aliphatic heterocycles. The van der Waals surface area contributed by atoms with Gasteiger partial charge in [-0.2, -0.15) is 4.31 Å². The molecule has 1 N–H and O–H groups in total. The third-order valence-corrected chi connectivity index (χ3v) is 6.95. The average Bonchev–Trinajstić information content (AvgIpc) is 2.65. The van der Waals surface area contributed by atoms with E-state index in [1.165, 1.54) is 0 Å². The van der Waals surface area contributed by atoms with Crippen molar-refractivity contribution in [3.8, 4) is 0 Å². The van der Waals surface area contributed by atoms with Gasteiger partial charge in [0, 0.05) is 32.7 Å². The van der Waals surface area contributed by atoms with Gasteiger partial charge in [-0.15, -0.1) is 0 Å². The van der Waals surface area contributed by atoms with Gasteiger partial charge in [0.25, 0.3) is 0 Å². The molecular weight excluding hydrogens is 364 g/mol. The smallest absolute Gasteiger partial charge is 0.335 e. The number of hydrogen-bond donors (Lipinski definition) is 1. The fraction of sp³-hybridized carbons (Fsp3) is 0.350. The Kier molecular flexibility index (Phi) is 5.64. The third-order valence-electron chi connectivity index (χ3n) is 5.05. The van der Waals surface area contributed by atoms with Crippen LogP contribution in [0.4, 0.5) is 0 Å². The van der Waals surface area contributed by atoms with Crippen LogP contribution >= 0.6 is 0 Å². The molecular formula is C20H24N2O4S. The highest BCUT2D eigenvalue weighted by molar-refractivity contribution is 7.89. The number of carboxylic acids is 1. The van der Waals surface area contributed by atoms with Gasteiger partial charge in [-0.25, -0.2) is 13.2 Å². The van der Waals surface area contributed by atoms with Crippen molar-refractivity contribution in [2.45, 2.75) is 25.3 Å². The second-order valence-corrected chi connectivity index (χ2v) is 8.87. The van der Waals surface area contributed by atoms with E-state index in [1.54, 1.807) is 28.6 Å². The molecule has 144 valence electrons. The van der Waals surface area contributed by atoms with E-state index in [0.29, 0.717) is 37.6 Å². The molecule has 3 rings (SSSR count). The van der Waals surface area contributed by atoms with Gasteiger partial charge < -0.3 is 5.11 Å². The Morgan fingerprint density at radius 2 is 1.59 bits per heavy atom. The summed E-state index contributed by atoms with van der Waals surface area (Å²) in [4.78, 5) is 13.4. The summed E-state index contributed by atoms with van der Waals surface area (Å²) in [6.07, 6.45) is 0. The molecule has 0 unspecified atom stereocenters. The molecule has 0 amide bonds. The zero-order valence-electron chi connectivity index (χ0n) is 15.6. The summed E-state index contributed by atoms with van der Waals surface area (Å²) in [5.41, 5.74) is 3.33. The minimum atomic E-state index is -3.47. The standard InChI is InChI=1S/C20H24N2O4S/c1-15-3-8-19(13-16(15)2)27(25,26)22-11-9-21(10-12-22)14-17-4-6-18(7-5-17)20(23)24/h3-8,13H,9-12,14H2,1-2H3,(H,23,24). The third kappa shape index (κ3) is 4.37. The molecule has 0 saturated carbocycles. The first-order chi connectivity index (χ1) is 12.8. The fourth-order valence-corrected chi connectivity index (χ4v) is 4.67. The van der Waals surface area contributed by atoms with Gasteiger partial charge in [-0.1, -0.05) is 18.2 Å². The minimum Gasteiger partial charge on any atom is -0.478 e. The molecule has 0 spiro atoms. The average molecular weight is 388 g/mol. The predicted molar refractivity (Wildman–Crippen MR) is 103 cm³/mol. The quantitative estimate of drug-likeness (QED) is 0.852. The Morgan fingerprint density at radius 1 is 0.963 bits per heavy atom. The highest BCUT2D eigenvalue weighted by Crippen LogP contribution is 2.21. The van der Waals surface area contributed by atoms with Crippen LogP contribution in [0.25, 0.3) is 0 Å². The maximum Gasteiger partial charge on any atom is 0.335 e. The molecule has 27 heavy (non-hydrogen) atoms. The van der Waals surface area contributed by atoms with Crippen LogP contribution in [0.5, 0.6) is 0 Å². The first-order valence-electron chi connectivity index (χ1n) is 8.89. The van der Waals surface area contributed by atoms with Crippen molar-refractivity contribution >= 4 is 16.0 Å². The zero-order valence-corrected chi connectivity index (χ0v) is 16.4. The molecule has 0 radical (unpaired) electrons. The summed E-state index contributed by atoms with van der Waals surface area (Å²) in [5.74, 6) is -0.938. The largest absolute Gasteiger partial charge is 0.478 e. The van der Waals surface area contributed by atoms with Crippen LogP contribution in [0, 0.1) is 13.8 Å². The van der Waals surface area contributed by atoms with Crippen LogP contribution in [0.1, 0.15) is 27.0 Å². The molecule has 1 fully saturated rings. The maximum atomic E-state index is 12.9. The van der Waals surface area contributed by atoms with Crippen molar-refractivity contribution in [1.29, 1.82) is 0 Å². The lowest BCUT2D eigenvalue weighted by atomic mass is 10.1. The van der Waals surface area contributed by atoms with Gasteiger partial charge in [0.15, 0.2) is 0 Å². The molecule has 2 aromatic carbocycles. The summed E-state index contributed by atoms with van der Waals surface area (Å²) in [5, 5.41) is 8.96. The lowest BCUT2D eigenvalue weighted by molar-refractivity contribution is 0.0697. The second-order valence-electron chi connectivity index (χ2n) is 6.93. The van der Waals surface area contributed by atoms with Crippen molar-refractivity contribution in [3.05, 3.63) is 64.7 Å². The number of carboxylic acid groups (broad SMARTS) is 1. The number of nitrogens with zero attached hydrogens (tertiary/aromatic N) is 2. The number of piperazine rings is 1. The summed E-state index contributed by atoms with van der Waals surface area (Å²) < 4.78 is 27.3. The van der Waals surface area contributed by atoms with Gasteiger partial charge in [-0.05, 0) is 54.8 Å². The van der Waals surface area contributed by atoms with Crippen molar-refractivity contribution in [2.75, 3.05) is 26.2 Å². The number of rotatable bonds is 5. The topological polar surface area (TPSA) is 77.9 Å². The Labute approximate surface area is 160 Å². The molecule has 0 aliphatic carbocycles. The predicted octanol–water partition coefficient (Wildman–Crippen LogP) is 2.51. The fourth-order valence-electron chi connectivity index (χ4n) is 3.16. The molecule has 0 aromatic heterocycles. The van der Waals surface area contributed by atoms with Crippen LogP contribution in [-0.2, 0) is 16.6 Å². The molecule has 1 saturated heterocycles. The monoisotopic (exact) mass is 388 g/mol. The van der Waals surface area contributed by atoms with E-state index in [-0.39, 0.29) is 5.56 Å². The van der Waals surface area contributed by atoms with E-state index in [9.17, 15) is 13.2 Å². The van der Waals surface area contributed by atoms with E-state index in [0.717, 1.165) is 16.7 Å². The van der Waals surface area contributed by atoms with E-state index < -0.39 is 16.0 Å². The van der Waals surface area contributed by atoms with Gasteiger partial charge in [0.1, 0.15) is 0 Å². The van der Waals surface area contributed by atoms with E-state index in [2.05, 4.69) is 4.90 Å². The maximum absolute atomic E-state index is 12.9. The summed E-state index contributed by atoms with van der Waals surface area (Å²) in [7, 11) is -3.47. The number of benzene rings is 2. The van der Waals surface area contributed by atoms with Gasteiger partial charge in [0.05, 0.1) is 10.5 Å². The Hall–Kier alpha value is -2.22. The molecule has 0 atom stereocenters. The minimum absolute atomic E-state index is 0.267. The number of aryl methyl sites for hydroxylation is 2. The number of hydrogen-bond acceptors (Lipinski definition) is 4. The highest BCUT2D eigenvalue weighted by Gasteiger charge is 2.28. The van der Waals surface area contributed by atoms with Crippen LogP contribution in [0.3, 0.4) is 0 Å². The van der Waals surface area contributed by atoms with Gasteiger partial charge >= 0.3 is 5.97 Å². The van der Waals surface area contributed by atoms with E-state index in [1.807, 2.05) is 32.0 Å². The van der Waals surface area contributed by atoms with Crippen molar-refractivity contribution in [2.24, 2.45) is 0 Å². The SMILES string of the molecule is Cc1ccc(S(=O)(=O)N2CCN(Cc3ccc(C(=O)O)cc3)CC2)cc1C. The number of aromatic carboxylic acids is 1. The molecule has 7 heteroatoms. The Bertz CT molecular complexity index is 931. The van der Waals surface area contributed by atoms with Gasteiger partial charge in [0.2, 0.25) is 10.0 Å². The lowest BCUT2D eigenvalue weighted by Crippen LogP contribution is -2.48. The van der Waals surface area contributed by atoms with E-state index in [4.69, 9.17) is 5.11 Å². The van der Waals surface area contributed by atoms with Crippen LogP contribution in [0.2, 0.25) is 0 Å². The van der Waals surface area contributed by atoms with Crippen LogP contribution < -0.4 is 0 Å². The van der Waals surface area contributed by atoms with E-state index >= 15 is 0 Å². The Morgan fingerprint density at radius 3 is 2.15 bits per heavy atom. The highest BCUT2D eigenvalue weighted by atomic mass is 32.2. The second kappa shape index (κ2) is 7.80. The van der Waals surface area contributed by atoms with Crippen molar-refractivity contribution < 1.29 is 18.3 Å². The normalized spacial score (nSPS) is 16.4. The number of sulfonamides is 1. The summed E-state index contributed by atoms with van der Waals surface area (Å²) >= 11 is 0. The Balaban J connectivity index is 1.62. The van der Waals surface area contributed by atoms with Crippen molar-refractivity contribution in [1.82, 2.24) is 9.21 Å². The molecule has 6 nitrogen and oxygen atoms in total. The number of carbonyl (C=O) groups is 1. The molecule has 1 heterocycles. The van der Waals surface area contributed by atoms with Crippen LogP contribution in [0.15, 0.2) is 47.4 Å². The summed E-state index contributed by atoms with van der Waals surface area (Å²) in [6, 6.07) is 12.1. The first kappa shape index (κ1) is 19.5. The zero-order chi connectivity index (χ0) is 19.6. The molecule has 1 aliphatic rings. The summed E-state index contributed by atoms with van der Waals surface area (Å²) in [6.45, 7) is 6.74. The van der Waals surface area contributed by atoms with Gasteiger partial charge in [-0.3, -0.25) is 4.90 Å². The molecule has 0 bridgehead atoms.